The predicted octanol–water partition coefficient (Wildman–Crippen LogP) is 0.908. The number of aliphatic hydroxyl groups excluding tert-OH is 2. The average molecular weight is 452 g/mol. The summed E-state index contributed by atoms with van der Waals surface area (Å²) in [6, 6.07) is 6.87. The first-order valence-corrected chi connectivity index (χ1v) is 8.79. The number of benzene rings is 2. The fourth-order valence-corrected chi connectivity index (χ4v) is 2.19. The highest BCUT2D eigenvalue weighted by molar-refractivity contribution is 5.95. The monoisotopic (exact) mass is 452 g/mol. The van der Waals surface area contributed by atoms with Crippen LogP contribution in [0.25, 0.3) is 0 Å². The Labute approximate surface area is 180 Å². The summed E-state index contributed by atoms with van der Waals surface area (Å²) in [5.74, 6) is -4.75. The van der Waals surface area contributed by atoms with Crippen LogP contribution in [-0.2, 0) is 0 Å². The molecule has 12 heteroatoms. The highest BCUT2D eigenvalue weighted by Crippen LogP contribution is 2.18. The lowest BCUT2D eigenvalue weighted by Gasteiger charge is -2.06. The lowest BCUT2D eigenvalue weighted by atomic mass is 10.1. The van der Waals surface area contributed by atoms with E-state index in [1.807, 2.05) is 0 Å². The van der Waals surface area contributed by atoms with Gasteiger partial charge in [0.05, 0.1) is 35.5 Å². The number of aromatic carboxylic acids is 4. The van der Waals surface area contributed by atoms with Gasteiger partial charge in [-0.2, -0.15) is 0 Å². The van der Waals surface area contributed by atoms with Gasteiger partial charge in [-0.05, 0) is 36.4 Å². The maximum atomic E-state index is 10.7. The topological polar surface area (TPSA) is 208 Å². The van der Waals surface area contributed by atoms with E-state index in [9.17, 15) is 19.2 Å². The summed E-state index contributed by atoms with van der Waals surface area (Å²) < 4.78 is 9.92. The van der Waals surface area contributed by atoms with Gasteiger partial charge < -0.3 is 40.1 Å². The van der Waals surface area contributed by atoms with E-state index in [0.717, 1.165) is 12.1 Å². The Morgan fingerprint density at radius 3 is 0.969 bits per heavy atom. The molecule has 0 aliphatic carbocycles. The molecule has 6 N–H and O–H groups in total. The van der Waals surface area contributed by atoms with Crippen LogP contribution in [0.3, 0.4) is 0 Å². The smallest absolute Gasteiger partial charge is 0.335 e. The number of ether oxygens (including phenoxy) is 2. The summed E-state index contributed by atoms with van der Waals surface area (Å²) in [6.45, 7) is -0.524. The van der Waals surface area contributed by atoms with E-state index in [-0.39, 0.29) is 60.2 Å². The molecular formula is C20H20O12. The van der Waals surface area contributed by atoms with Crippen molar-refractivity contribution < 1.29 is 59.3 Å². The molecule has 0 amide bonds. The van der Waals surface area contributed by atoms with Crippen molar-refractivity contribution in [2.45, 2.75) is 0 Å². The van der Waals surface area contributed by atoms with E-state index in [2.05, 4.69) is 0 Å². The lowest BCUT2D eigenvalue weighted by Crippen LogP contribution is -2.06. The maximum absolute atomic E-state index is 10.7. The van der Waals surface area contributed by atoms with Crippen LogP contribution in [0.5, 0.6) is 11.5 Å². The molecule has 0 aliphatic heterocycles. The maximum Gasteiger partial charge on any atom is 0.335 e. The summed E-state index contributed by atoms with van der Waals surface area (Å²) in [6.07, 6.45) is 0. The Kier molecular flexibility index (Phi) is 10.1. The van der Waals surface area contributed by atoms with Crippen molar-refractivity contribution in [1.82, 2.24) is 0 Å². The Morgan fingerprint density at radius 2 is 0.781 bits per heavy atom. The van der Waals surface area contributed by atoms with E-state index in [4.69, 9.17) is 40.1 Å². The third kappa shape index (κ3) is 8.30. The number of carboxylic acid groups (broad SMARTS) is 4. The van der Waals surface area contributed by atoms with Crippen molar-refractivity contribution >= 4 is 23.9 Å². The van der Waals surface area contributed by atoms with E-state index in [1.54, 1.807) is 0 Å². The molecule has 12 nitrogen and oxygen atoms in total. The minimum atomic E-state index is -1.24. The zero-order valence-corrected chi connectivity index (χ0v) is 16.4. The number of aliphatic hydroxyl groups is 2. The number of hydrogen-bond acceptors (Lipinski definition) is 8. The van der Waals surface area contributed by atoms with Gasteiger partial charge in [-0.1, -0.05) is 0 Å². The van der Waals surface area contributed by atoms with Crippen LogP contribution in [0.15, 0.2) is 36.4 Å². The van der Waals surface area contributed by atoms with Crippen molar-refractivity contribution in [3.63, 3.8) is 0 Å². The van der Waals surface area contributed by atoms with Crippen LogP contribution in [0.4, 0.5) is 0 Å². The van der Waals surface area contributed by atoms with Crippen molar-refractivity contribution in [3.05, 3.63) is 58.7 Å². The largest absolute Gasteiger partial charge is 0.491 e. The second-order valence-corrected chi connectivity index (χ2v) is 5.86. The predicted molar refractivity (Wildman–Crippen MR) is 106 cm³/mol. The highest BCUT2D eigenvalue weighted by atomic mass is 16.5. The quantitative estimate of drug-likeness (QED) is 0.297. The van der Waals surface area contributed by atoms with Crippen molar-refractivity contribution in [2.24, 2.45) is 0 Å². The van der Waals surface area contributed by atoms with Crippen LogP contribution < -0.4 is 9.47 Å². The van der Waals surface area contributed by atoms with Gasteiger partial charge in [0.2, 0.25) is 0 Å². The molecule has 32 heavy (non-hydrogen) atoms. The van der Waals surface area contributed by atoms with Gasteiger partial charge in [0.15, 0.2) is 0 Å². The summed E-state index contributed by atoms with van der Waals surface area (Å²) in [5.41, 5.74) is -0.693. The molecular weight excluding hydrogens is 432 g/mol. The summed E-state index contributed by atoms with van der Waals surface area (Å²) in [4.78, 5) is 42.8. The average Bonchev–Trinajstić information content (AvgIpc) is 2.76. The minimum absolute atomic E-state index is 0.0257. The first-order chi connectivity index (χ1) is 15.1. The van der Waals surface area contributed by atoms with E-state index in [1.165, 1.54) is 24.3 Å². The SMILES string of the molecule is O=C(O)c1cc(OCCO)cc(C(=O)O)c1.O=C(O)c1cc(OCCO)cc(C(=O)O)c1. The number of hydrogen-bond donors (Lipinski definition) is 6. The number of rotatable bonds is 10. The number of carboxylic acids is 4. The minimum Gasteiger partial charge on any atom is -0.491 e. The normalized spacial score (nSPS) is 9.81. The Bertz CT molecular complexity index is 839. The first kappa shape index (κ1) is 25.9. The number of carbonyl (C=O) groups is 4. The van der Waals surface area contributed by atoms with Gasteiger partial charge in [0, 0.05) is 0 Å². The fourth-order valence-electron chi connectivity index (χ4n) is 2.19. The van der Waals surface area contributed by atoms with Crippen molar-refractivity contribution in [2.75, 3.05) is 26.4 Å². The van der Waals surface area contributed by atoms with E-state index >= 15 is 0 Å². The molecule has 0 saturated heterocycles. The second kappa shape index (κ2) is 12.5. The zero-order chi connectivity index (χ0) is 24.3. The zero-order valence-electron chi connectivity index (χ0n) is 16.4. The van der Waals surface area contributed by atoms with Crippen LogP contribution in [0.2, 0.25) is 0 Å². The Hall–Kier alpha value is -4.16. The van der Waals surface area contributed by atoms with Gasteiger partial charge in [0.1, 0.15) is 24.7 Å². The third-order valence-electron chi connectivity index (χ3n) is 3.52. The molecule has 0 aromatic heterocycles. The molecule has 0 heterocycles. The summed E-state index contributed by atoms with van der Waals surface area (Å²) in [7, 11) is 0. The summed E-state index contributed by atoms with van der Waals surface area (Å²) in [5, 5.41) is 52.0. The lowest BCUT2D eigenvalue weighted by molar-refractivity contribution is 0.0675. The van der Waals surface area contributed by atoms with Gasteiger partial charge in [-0.25, -0.2) is 19.2 Å². The van der Waals surface area contributed by atoms with Gasteiger partial charge in [0.25, 0.3) is 0 Å². The molecule has 0 aliphatic rings. The van der Waals surface area contributed by atoms with Gasteiger partial charge in [-0.3, -0.25) is 0 Å². The van der Waals surface area contributed by atoms with Crippen LogP contribution in [0.1, 0.15) is 41.4 Å². The molecule has 0 saturated carbocycles. The first-order valence-electron chi connectivity index (χ1n) is 8.79. The van der Waals surface area contributed by atoms with Crippen LogP contribution >= 0.6 is 0 Å². The molecule has 2 aromatic rings. The molecule has 0 radical (unpaired) electrons. The fraction of sp³-hybridized carbons (Fsp3) is 0.200. The standard InChI is InChI=1S/2C10H10O6/c2*11-1-2-16-8-4-6(9(12)13)3-7(5-8)10(14)15/h2*3-5,11H,1-2H2,(H,12,13)(H,14,15). The molecule has 0 unspecified atom stereocenters. The molecule has 0 spiro atoms. The Balaban J connectivity index is 0.000000320. The van der Waals surface area contributed by atoms with Crippen LogP contribution in [0, 0.1) is 0 Å². The van der Waals surface area contributed by atoms with E-state index < -0.39 is 23.9 Å². The summed E-state index contributed by atoms with van der Waals surface area (Å²) >= 11 is 0. The van der Waals surface area contributed by atoms with Crippen molar-refractivity contribution in [3.8, 4) is 11.5 Å². The molecule has 2 aromatic carbocycles. The highest BCUT2D eigenvalue weighted by Gasteiger charge is 2.13. The van der Waals surface area contributed by atoms with Crippen molar-refractivity contribution in [1.29, 1.82) is 0 Å². The van der Waals surface area contributed by atoms with Crippen LogP contribution in [-0.4, -0.2) is 80.9 Å². The second-order valence-electron chi connectivity index (χ2n) is 5.86. The van der Waals surface area contributed by atoms with E-state index in [0.29, 0.717) is 0 Å². The Morgan fingerprint density at radius 1 is 0.531 bits per heavy atom. The van der Waals surface area contributed by atoms with Gasteiger partial charge in [-0.15, -0.1) is 0 Å². The molecule has 0 bridgehead atoms. The molecule has 172 valence electrons. The third-order valence-corrected chi connectivity index (χ3v) is 3.52. The molecule has 0 fully saturated rings. The molecule has 0 atom stereocenters. The molecule has 2 rings (SSSR count). The van der Waals surface area contributed by atoms with Gasteiger partial charge >= 0.3 is 23.9 Å².